The lowest BCUT2D eigenvalue weighted by Gasteiger charge is -2.62. The molecule has 0 aromatic heterocycles. The number of likely N-dealkylation sites (tertiary alicyclic amines) is 1. The molecule has 1 aromatic carbocycles. The Morgan fingerprint density at radius 1 is 0.907 bits per heavy atom. The number of hydrogen-bond acceptors (Lipinski definition) is 15. The molecule has 0 saturated carbocycles. The number of esters is 4. The van der Waals surface area contributed by atoms with E-state index in [9.17, 15) is 33.9 Å². The zero-order chi connectivity index (χ0) is 38.8. The maximum Gasteiger partial charge on any atom is 0.338 e. The highest BCUT2D eigenvalue weighted by Gasteiger charge is 2.74. The molecule has 6 atom stereocenters. The highest BCUT2D eigenvalue weighted by atomic mass is 16.8. The van der Waals surface area contributed by atoms with Crippen LogP contribution in [0.3, 0.4) is 0 Å². The van der Waals surface area contributed by atoms with Crippen LogP contribution in [-0.2, 0) is 69.0 Å². The Labute approximate surface area is 310 Å². The number of phenolic OH excluding ortho intramolecular Hbond substituents is 1. The van der Waals surface area contributed by atoms with Crippen LogP contribution in [0.15, 0.2) is 24.0 Å². The first-order valence-corrected chi connectivity index (χ1v) is 18.1. The first kappa shape index (κ1) is 37.6. The Kier molecular flexibility index (Phi) is 9.41. The zero-order valence-corrected chi connectivity index (χ0v) is 30.8. The van der Waals surface area contributed by atoms with E-state index >= 15 is 0 Å². The van der Waals surface area contributed by atoms with Gasteiger partial charge in [-0.2, -0.15) is 0 Å². The van der Waals surface area contributed by atoms with Crippen LogP contribution in [0.2, 0.25) is 0 Å². The number of hydrogen-bond donors (Lipinski definition) is 3. The van der Waals surface area contributed by atoms with Crippen LogP contribution in [0.25, 0.3) is 0 Å². The monoisotopic (exact) mass is 755 g/mol. The first-order chi connectivity index (χ1) is 25.4. The largest absolute Gasteiger partial charge is 0.504 e. The summed E-state index contributed by atoms with van der Waals surface area (Å²) in [5.41, 5.74) is -0.577. The molecule has 54 heavy (non-hydrogen) atoms. The molecule has 0 radical (unpaired) electrons. The van der Waals surface area contributed by atoms with E-state index < -0.39 is 76.6 Å². The Morgan fingerprint density at radius 2 is 1.50 bits per heavy atom. The van der Waals surface area contributed by atoms with E-state index in [4.69, 9.17) is 33.2 Å². The number of ether oxygens (including phenoxy) is 7. The summed E-state index contributed by atoms with van der Waals surface area (Å²) in [4.78, 5) is 78.2. The standard InChI is InChI=1S/C37H45N3O14/c1-34(2)50-22(32(46)53-34)17-25(42)38-13-9-27(44)48-21-8-11-37(52-28(45)10-14-39-26(43)18-23-33(47)54-35(3,4)51-23)24-16-19-6-7-20(41)30-29(19)36(37,31(21)49-30)12-15-40(24)5/h6-8,22-24,31,41H,9-18H2,1-5H3,(H,38,42)(H,39,43)/t22-,23-,24+,31-,36-,37+/m0/s1. The number of carbonyl (C=O) groups is 6. The number of cyclic esters (lactones) is 2. The van der Waals surface area contributed by atoms with Crippen LogP contribution in [0.4, 0.5) is 0 Å². The minimum absolute atomic E-state index is 0.0556. The van der Waals surface area contributed by atoms with E-state index in [-0.39, 0.29) is 68.5 Å². The highest BCUT2D eigenvalue weighted by Crippen LogP contribution is 2.66. The number of piperidine rings is 1. The van der Waals surface area contributed by atoms with Crippen molar-refractivity contribution >= 4 is 35.7 Å². The summed E-state index contributed by atoms with van der Waals surface area (Å²) in [6, 6.07) is 3.10. The van der Waals surface area contributed by atoms with Gasteiger partial charge in [0.15, 0.2) is 29.8 Å². The van der Waals surface area contributed by atoms with Crippen molar-refractivity contribution in [2.75, 3.05) is 26.7 Å². The summed E-state index contributed by atoms with van der Waals surface area (Å²) in [5, 5.41) is 16.3. The molecule has 2 amide bonds. The number of benzene rings is 1. The SMILES string of the molecule is CN1CC[C@]23c4c5ccc(O)c4O[C@H]2C(OC(=O)CCNC(=O)C[C@@H]2OC(C)(C)OC2=O)=CC[C@@]3(OC(=O)CCNC(=O)C[C@@H]2OC(C)(C)OC2=O)[C@H]1C5. The van der Waals surface area contributed by atoms with Crippen molar-refractivity contribution < 1.29 is 67.0 Å². The lowest BCUT2D eigenvalue weighted by atomic mass is 9.50. The fourth-order valence-corrected chi connectivity index (χ4v) is 8.83. The van der Waals surface area contributed by atoms with Gasteiger partial charge < -0.3 is 48.9 Å². The molecule has 3 fully saturated rings. The van der Waals surface area contributed by atoms with Gasteiger partial charge in [0.05, 0.1) is 37.1 Å². The summed E-state index contributed by atoms with van der Waals surface area (Å²) in [5.74, 6) is -5.38. The molecule has 7 rings (SSSR count). The molecule has 4 heterocycles. The Morgan fingerprint density at radius 3 is 2.07 bits per heavy atom. The smallest absolute Gasteiger partial charge is 0.338 e. The van der Waals surface area contributed by atoms with Gasteiger partial charge in [-0.1, -0.05) is 6.07 Å². The average molecular weight is 756 g/mol. The molecular formula is C37H45N3O14. The molecule has 6 aliphatic rings. The Bertz CT molecular complexity index is 1820. The van der Waals surface area contributed by atoms with Gasteiger partial charge in [-0.25, -0.2) is 9.59 Å². The lowest BCUT2D eigenvalue weighted by molar-refractivity contribution is -0.206. The van der Waals surface area contributed by atoms with Crippen LogP contribution < -0.4 is 15.4 Å². The number of rotatable bonds is 12. The highest BCUT2D eigenvalue weighted by molar-refractivity contribution is 5.86. The van der Waals surface area contributed by atoms with Crippen molar-refractivity contribution in [1.29, 1.82) is 0 Å². The number of nitrogens with one attached hydrogen (secondary N) is 2. The van der Waals surface area contributed by atoms with Crippen molar-refractivity contribution in [3.8, 4) is 11.5 Å². The van der Waals surface area contributed by atoms with E-state index in [1.54, 1.807) is 39.8 Å². The summed E-state index contributed by atoms with van der Waals surface area (Å²) < 4.78 is 40.0. The van der Waals surface area contributed by atoms with E-state index in [0.717, 1.165) is 5.56 Å². The molecular weight excluding hydrogens is 710 g/mol. The first-order valence-electron chi connectivity index (χ1n) is 18.1. The summed E-state index contributed by atoms with van der Waals surface area (Å²) in [6.07, 6.45) is -1.13. The predicted molar refractivity (Wildman–Crippen MR) is 181 cm³/mol. The third-order valence-electron chi connectivity index (χ3n) is 11.0. The average Bonchev–Trinajstić information content (AvgIpc) is 3.66. The second-order valence-electron chi connectivity index (χ2n) is 15.5. The minimum atomic E-state index is -1.19. The van der Waals surface area contributed by atoms with Crippen molar-refractivity contribution in [2.45, 2.75) is 120 Å². The number of likely N-dealkylation sites (N-methyl/N-ethyl adjacent to an activating group) is 1. The van der Waals surface area contributed by atoms with Crippen LogP contribution in [0.1, 0.15) is 77.3 Å². The van der Waals surface area contributed by atoms with Gasteiger partial charge in [0.2, 0.25) is 23.4 Å². The molecule has 17 nitrogen and oxygen atoms in total. The second-order valence-corrected chi connectivity index (χ2v) is 15.5. The molecule has 1 spiro atoms. The topological polar surface area (TPSA) is 215 Å². The molecule has 3 N–H and O–H groups in total. The molecule has 3 saturated heterocycles. The number of carbonyl (C=O) groups excluding carboxylic acids is 6. The van der Waals surface area contributed by atoms with E-state index in [0.29, 0.717) is 24.9 Å². The van der Waals surface area contributed by atoms with Crippen LogP contribution >= 0.6 is 0 Å². The van der Waals surface area contributed by atoms with Crippen molar-refractivity contribution in [1.82, 2.24) is 15.5 Å². The van der Waals surface area contributed by atoms with Gasteiger partial charge in [0.25, 0.3) is 0 Å². The van der Waals surface area contributed by atoms with Gasteiger partial charge in [0.1, 0.15) is 11.4 Å². The van der Waals surface area contributed by atoms with E-state index in [1.165, 1.54) is 0 Å². The van der Waals surface area contributed by atoms with Gasteiger partial charge in [0, 0.05) is 52.8 Å². The maximum atomic E-state index is 13.7. The molecule has 2 aliphatic carbocycles. The van der Waals surface area contributed by atoms with Gasteiger partial charge in [-0.05, 0) is 44.1 Å². The van der Waals surface area contributed by atoms with Crippen LogP contribution in [0.5, 0.6) is 11.5 Å². The van der Waals surface area contributed by atoms with E-state index in [1.807, 2.05) is 13.1 Å². The normalized spacial score (nSPS) is 30.9. The maximum absolute atomic E-state index is 13.7. The Balaban J connectivity index is 1.04. The second kappa shape index (κ2) is 13.5. The molecule has 2 bridgehead atoms. The van der Waals surface area contributed by atoms with Crippen molar-refractivity contribution in [2.24, 2.45) is 0 Å². The molecule has 0 unspecified atom stereocenters. The minimum Gasteiger partial charge on any atom is -0.504 e. The molecule has 4 aliphatic heterocycles. The predicted octanol–water partition coefficient (Wildman–Crippen LogP) is 0.913. The lowest BCUT2D eigenvalue weighted by Crippen LogP contribution is -2.75. The third-order valence-corrected chi connectivity index (χ3v) is 11.0. The number of phenols is 1. The summed E-state index contributed by atoms with van der Waals surface area (Å²) >= 11 is 0. The third kappa shape index (κ3) is 6.55. The summed E-state index contributed by atoms with van der Waals surface area (Å²) in [7, 11) is 1.96. The quantitative estimate of drug-likeness (QED) is 0.200. The van der Waals surface area contributed by atoms with Crippen LogP contribution in [0, 0.1) is 0 Å². The summed E-state index contributed by atoms with van der Waals surface area (Å²) in [6.45, 7) is 6.76. The van der Waals surface area contributed by atoms with Gasteiger partial charge in [-0.15, -0.1) is 0 Å². The fourth-order valence-electron chi connectivity index (χ4n) is 8.83. The molecule has 1 aromatic rings. The van der Waals surface area contributed by atoms with Crippen LogP contribution in [-0.4, -0.2) is 114 Å². The van der Waals surface area contributed by atoms with Gasteiger partial charge in [-0.3, -0.25) is 24.1 Å². The van der Waals surface area contributed by atoms with Gasteiger partial charge >= 0.3 is 23.9 Å². The van der Waals surface area contributed by atoms with E-state index in [2.05, 4.69) is 15.5 Å². The van der Waals surface area contributed by atoms with Crippen molar-refractivity contribution in [3.05, 3.63) is 35.1 Å². The molecule has 17 heteroatoms. The number of nitrogens with zero attached hydrogens (tertiary/aromatic N) is 1. The molecule has 292 valence electrons. The fraction of sp³-hybridized carbons (Fsp3) is 0.622. The Hall–Kier alpha value is -4.74. The number of aromatic hydroxyl groups is 1. The zero-order valence-electron chi connectivity index (χ0n) is 30.8. The number of amides is 2. The van der Waals surface area contributed by atoms with Crippen molar-refractivity contribution in [3.63, 3.8) is 0 Å².